The fourth-order valence-electron chi connectivity index (χ4n) is 1.60. The SMILES string of the molecule is C=C(Br)CNC(=O)c1ccn(-c2cccc([N+](=O)[O-])c2)n1. The summed E-state index contributed by atoms with van der Waals surface area (Å²) in [4.78, 5) is 22.1. The van der Waals surface area contributed by atoms with Crippen LogP contribution in [0, 0.1) is 10.1 Å². The van der Waals surface area contributed by atoms with Gasteiger partial charge in [0.05, 0.1) is 10.6 Å². The Kier molecular flexibility index (Phi) is 4.49. The lowest BCUT2D eigenvalue weighted by molar-refractivity contribution is -0.384. The van der Waals surface area contributed by atoms with E-state index in [0.29, 0.717) is 16.7 Å². The van der Waals surface area contributed by atoms with E-state index in [2.05, 4.69) is 32.9 Å². The van der Waals surface area contributed by atoms with Crippen molar-refractivity contribution in [1.82, 2.24) is 15.1 Å². The molecular weight excluding hydrogens is 340 g/mol. The number of nitro benzene ring substituents is 1. The zero-order valence-corrected chi connectivity index (χ0v) is 12.4. The average Bonchev–Trinajstić information content (AvgIpc) is 2.94. The van der Waals surface area contributed by atoms with E-state index in [9.17, 15) is 14.9 Å². The first-order chi connectivity index (χ1) is 9.97. The molecular formula is C13H11BrN4O3. The van der Waals surface area contributed by atoms with Crippen LogP contribution >= 0.6 is 15.9 Å². The van der Waals surface area contributed by atoms with Crippen LogP contribution in [0.3, 0.4) is 0 Å². The van der Waals surface area contributed by atoms with Gasteiger partial charge in [0.1, 0.15) is 0 Å². The molecule has 108 valence electrons. The number of amides is 1. The van der Waals surface area contributed by atoms with E-state index in [-0.39, 0.29) is 17.3 Å². The summed E-state index contributed by atoms with van der Waals surface area (Å²) >= 11 is 3.14. The molecule has 1 aromatic heterocycles. The lowest BCUT2D eigenvalue weighted by Crippen LogP contribution is -2.24. The Morgan fingerprint density at radius 1 is 1.48 bits per heavy atom. The molecule has 0 atom stereocenters. The van der Waals surface area contributed by atoms with Crippen LogP contribution in [-0.4, -0.2) is 27.2 Å². The Bertz CT molecular complexity index is 711. The van der Waals surface area contributed by atoms with Crippen molar-refractivity contribution in [2.24, 2.45) is 0 Å². The molecule has 8 heteroatoms. The second-order valence-electron chi connectivity index (χ2n) is 4.12. The van der Waals surface area contributed by atoms with Gasteiger partial charge in [-0.15, -0.1) is 0 Å². The van der Waals surface area contributed by atoms with E-state index in [1.165, 1.54) is 22.9 Å². The zero-order valence-electron chi connectivity index (χ0n) is 10.8. The molecule has 0 aliphatic carbocycles. The van der Waals surface area contributed by atoms with Gasteiger partial charge in [-0.3, -0.25) is 14.9 Å². The van der Waals surface area contributed by atoms with Crippen molar-refractivity contribution in [3.8, 4) is 5.69 Å². The van der Waals surface area contributed by atoms with Crippen molar-refractivity contribution in [3.63, 3.8) is 0 Å². The topological polar surface area (TPSA) is 90.1 Å². The number of hydrogen-bond donors (Lipinski definition) is 1. The van der Waals surface area contributed by atoms with Crippen molar-refractivity contribution in [3.05, 3.63) is 63.4 Å². The van der Waals surface area contributed by atoms with Gasteiger partial charge in [0.25, 0.3) is 11.6 Å². The third kappa shape index (κ3) is 3.76. The van der Waals surface area contributed by atoms with Crippen molar-refractivity contribution in [1.29, 1.82) is 0 Å². The second kappa shape index (κ2) is 6.31. The highest BCUT2D eigenvalue weighted by Crippen LogP contribution is 2.16. The molecule has 1 amide bonds. The number of benzene rings is 1. The van der Waals surface area contributed by atoms with Crippen LogP contribution in [0.1, 0.15) is 10.5 Å². The molecule has 1 N–H and O–H groups in total. The monoisotopic (exact) mass is 350 g/mol. The molecule has 0 radical (unpaired) electrons. The van der Waals surface area contributed by atoms with E-state index in [1.54, 1.807) is 18.3 Å². The summed E-state index contributed by atoms with van der Waals surface area (Å²) in [6.45, 7) is 3.91. The van der Waals surface area contributed by atoms with Crippen molar-refractivity contribution >= 4 is 27.5 Å². The molecule has 1 aromatic carbocycles. The number of halogens is 1. The van der Waals surface area contributed by atoms with Gasteiger partial charge in [0.2, 0.25) is 0 Å². The van der Waals surface area contributed by atoms with Gasteiger partial charge < -0.3 is 5.32 Å². The number of carbonyl (C=O) groups excluding carboxylic acids is 1. The first kappa shape index (κ1) is 14.9. The lowest BCUT2D eigenvalue weighted by atomic mass is 10.3. The number of non-ortho nitro benzene ring substituents is 1. The standard InChI is InChI=1S/C13H11BrN4O3/c1-9(14)8-15-13(19)12-5-6-17(16-12)10-3-2-4-11(7-10)18(20)21/h2-7H,1,8H2,(H,15,19). The van der Waals surface area contributed by atoms with Gasteiger partial charge >= 0.3 is 0 Å². The third-order valence-corrected chi connectivity index (χ3v) is 2.85. The molecule has 0 unspecified atom stereocenters. The van der Waals surface area contributed by atoms with Crippen molar-refractivity contribution in [2.75, 3.05) is 6.54 Å². The Hall–Kier alpha value is -2.48. The number of nitrogens with zero attached hydrogens (tertiary/aromatic N) is 3. The number of nitro groups is 1. The predicted octanol–water partition coefficient (Wildman–Crippen LogP) is 2.42. The Morgan fingerprint density at radius 2 is 2.24 bits per heavy atom. The Morgan fingerprint density at radius 3 is 2.90 bits per heavy atom. The van der Waals surface area contributed by atoms with E-state index in [0.717, 1.165) is 0 Å². The summed E-state index contributed by atoms with van der Waals surface area (Å²) in [6.07, 6.45) is 1.57. The molecule has 21 heavy (non-hydrogen) atoms. The molecule has 0 bridgehead atoms. The van der Waals surface area contributed by atoms with E-state index >= 15 is 0 Å². The summed E-state index contributed by atoms with van der Waals surface area (Å²) < 4.78 is 2.05. The summed E-state index contributed by atoms with van der Waals surface area (Å²) in [5.74, 6) is -0.347. The smallest absolute Gasteiger partial charge is 0.272 e. The largest absolute Gasteiger partial charge is 0.346 e. The highest BCUT2D eigenvalue weighted by molar-refractivity contribution is 9.11. The van der Waals surface area contributed by atoms with Crippen LogP contribution in [0.2, 0.25) is 0 Å². The molecule has 0 saturated carbocycles. The van der Waals surface area contributed by atoms with Crippen LogP contribution in [0.15, 0.2) is 47.6 Å². The minimum Gasteiger partial charge on any atom is -0.346 e. The molecule has 7 nitrogen and oxygen atoms in total. The van der Waals surface area contributed by atoms with Gasteiger partial charge in [-0.25, -0.2) is 4.68 Å². The normalized spacial score (nSPS) is 10.1. The predicted molar refractivity (Wildman–Crippen MR) is 80.6 cm³/mol. The molecule has 2 rings (SSSR count). The fourth-order valence-corrected chi connectivity index (χ4v) is 1.74. The van der Waals surface area contributed by atoms with Crippen LogP contribution < -0.4 is 5.32 Å². The first-order valence-corrected chi connectivity index (χ1v) is 6.68. The van der Waals surface area contributed by atoms with Gasteiger partial charge in [0.15, 0.2) is 5.69 Å². The molecule has 0 aliphatic rings. The van der Waals surface area contributed by atoms with Crippen LogP contribution in [0.25, 0.3) is 5.69 Å². The molecule has 2 aromatic rings. The molecule has 1 heterocycles. The quantitative estimate of drug-likeness (QED) is 0.662. The third-order valence-electron chi connectivity index (χ3n) is 2.57. The van der Waals surface area contributed by atoms with Gasteiger partial charge in [-0.05, 0) is 12.1 Å². The summed E-state index contributed by atoms with van der Waals surface area (Å²) in [7, 11) is 0. The number of rotatable bonds is 5. The van der Waals surface area contributed by atoms with Crippen molar-refractivity contribution in [2.45, 2.75) is 0 Å². The van der Waals surface area contributed by atoms with Crippen molar-refractivity contribution < 1.29 is 9.72 Å². The van der Waals surface area contributed by atoms with E-state index < -0.39 is 4.92 Å². The Labute approximate surface area is 128 Å². The molecule has 0 aliphatic heterocycles. The first-order valence-electron chi connectivity index (χ1n) is 5.89. The highest BCUT2D eigenvalue weighted by atomic mass is 79.9. The number of aromatic nitrogens is 2. The average molecular weight is 351 g/mol. The number of nitrogens with one attached hydrogen (secondary N) is 1. The minimum absolute atomic E-state index is 0.0374. The molecule has 0 fully saturated rings. The lowest BCUT2D eigenvalue weighted by Gasteiger charge is -2.02. The maximum absolute atomic E-state index is 11.8. The number of hydrogen-bond acceptors (Lipinski definition) is 4. The summed E-state index contributed by atoms with van der Waals surface area (Å²) in [6, 6.07) is 7.54. The van der Waals surface area contributed by atoms with E-state index in [1.807, 2.05) is 0 Å². The van der Waals surface area contributed by atoms with E-state index in [4.69, 9.17) is 0 Å². The Balaban J connectivity index is 2.19. The van der Waals surface area contributed by atoms with Gasteiger partial charge in [-0.2, -0.15) is 5.10 Å². The summed E-state index contributed by atoms with van der Waals surface area (Å²) in [5, 5.41) is 17.5. The van der Waals surface area contributed by atoms with Gasteiger partial charge in [-0.1, -0.05) is 28.6 Å². The van der Waals surface area contributed by atoms with Crippen LogP contribution in [0.5, 0.6) is 0 Å². The maximum atomic E-state index is 11.8. The molecule has 0 saturated heterocycles. The molecule has 0 spiro atoms. The van der Waals surface area contributed by atoms with Crippen LogP contribution in [-0.2, 0) is 0 Å². The summed E-state index contributed by atoms with van der Waals surface area (Å²) in [5.41, 5.74) is 0.688. The minimum atomic E-state index is -0.484. The number of carbonyl (C=O) groups is 1. The van der Waals surface area contributed by atoms with Gasteiger partial charge in [0, 0.05) is 29.4 Å². The zero-order chi connectivity index (χ0) is 15.4. The second-order valence-corrected chi connectivity index (χ2v) is 5.24. The fraction of sp³-hybridized carbons (Fsp3) is 0.0769. The van der Waals surface area contributed by atoms with Crippen LogP contribution in [0.4, 0.5) is 5.69 Å². The highest BCUT2D eigenvalue weighted by Gasteiger charge is 2.11. The maximum Gasteiger partial charge on any atom is 0.272 e.